The van der Waals surface area contributed by atoms with Gasteiger partial charge in [0.05, 0.1) is 0 Å². The Morgan fingerprint density at radius 3 is 2.00 bits per heavy atom. The number of fused-ring (bicyclic) bond motifs is 5. The second-order valence-electron chi connectivity index (χ2n) is 9.16. The fourth-order valence-corrected chi connectivity index (χ4v) is 5.82. The molecule has 5 aromatic carbocycles. The van der Waals surface area contributed by atoms with E-state index in [1.807, 2.05) is 0 Å². The van der Waals surface area contributed by atoms with Crippen LogP contribution in [0.25, 0.3) is 44.2 Å². The zero-order chi connectivity index (χ0) is 21.9. The number of benzene rings is 5. The molecule has 0 saturated carbocycles. The summed E-state index contributed by atoms with van der Waals surface area (Å²) in [6.45, 7) is 4.71. The van der Waals surface area contributed by atoms with Crippen LogP contribution in [0.5, 0.6) is 0 Å². The lowest BCUT2D eigenvalue weighted by molar-refractivity contribution is 0.661. The summed E-state index contributed by atoms with van der Waals surface area (Å²) in [5.74, 6) is 0. The van der Waals surface area contributed by atoms with Gasteiger partial charge in [0.15, 0.2) is 0 Å². The van der Waals surface area contributed by atoms with Crippen molar-refractivity contribution in [3.63, 3.8) is 0 Å². The van der Waals surface area contributed by atoms with E-state index in [1.54, 1.807) is 0 Å². The molecule has 0 heterocycles. The van der Waals surface area contributed by atoms with Crippen LogP contribution in [0.15, 0.2) is 108 Å². The fourth-order valence-electron chi connectivity index (χ4n) is 5.33. The largest absolute Gasteiger partial charge is 0.0622 e. The maximum absolute atomic E-state index is 3.78. The summed E-state index contributed by atoms with van der Waals surface area (Å²) in [5, 5.41) is 2.63. The molecule has 0 bridgehead atoms. The maximum Gasteiger partial charge on any atom is 0.0187 e. The average molecular weight is 475 g/mol. The number of rotatable bonds is 2. The highest BCUT2D eigenvalue weighted by Crippen LogP contribution is 2.53. The summed E-state index contributed by atoms with van der Waals surface area (Å²) in [4.78, 5) is 0. The van der Waals surface area contributed by atoms with E-state index < -0.39 is 0 Å². The van der Waals surface area contributed by atoms with E-state index in [-0.39, 0.29) is 5.41 Å². The summed E-state index contributed by atoms with van der Waals surface area (Å²) >= 11 is 3.78. The number of hydrogen-bond donors (Lipinski definition) is 0. The second kappa shape index (κ2) is 7.18. The molecule has 0 aromatic heterocycles. The quantitative estimate of drug-likeness (QED) is 0.239. The Kier molecular flexibility index (Phi) is 4.38. The smallest absolute Gasteiger partial charge is 0.0187 e. The summed E-state index contributed by atoms with van der Waals surface area (Å²) in [7, 11) is 0. The Morgan fingerprint density at radius 1 is 0.531 bits per heavy atom. The molecule has 0 amide bonds. The molecule has 0 spiro atoms. The minimum Gasteiger partial charge on any atom is -0.0622 e. The molecule has 1 aliphatic carbocycles. The van der Waals surface area contributed by atoms with Crippen LogP contribution in [0.3, 0.4) is 0 Å². The SMILES string of the molecule is CC1(C)c2ccccc2-c2c1cc(-c1cc(Br)cc(-c3ccccc3)c1)c1ccccc21. The Bertz CT molecular complexity index is 1490. The van der Waals surface area contributed by atoms with Gasteiger partial charge in [-0.3, -0.25) is 0 Å². The topological polar surface area (TPSA) is 0 Å². The lowest BCUT2D eigenvalue weighted by atomic mass is 9.80. The van der Waals surface area contributed by atoms with Crippen LogP contribution in [-0.2, 0) is 5.41 Å². The van der Waals surface area contributed by atoms with Crippen LogP contribution in [0.1, 0.15) is 25.0 Å². The standard InChI is InChI=1S/C31H23Br/c1-31(2)28-15-9-8-14-26(28)30-25-13-7-6-12-24(25)27(19-29(30)31)22-16-21(17-23(32)18-22)20-10-4-3-5-11-20/h3-19H,1-2H3. The molecule has 0 fully saturated rings. The van der Waals surface area contributed by atoms with Crippen LogP contribution in [0.2, 0.25) is 0 Å². The van der Waals surface area contributed by atoms with Gasteiger partial charge in [0.25, 0.3) is 0 Å². The molecule has 32 heavy (non-hydrogen) atoms. The highest BCUT2D eigenvalue weighted by atomic mass is 79.9. The van der Waals surface area contributed by atoms with E-state index in [0.717, 1.165) is 4.47 Å². The molecule has 154 valence electrons. The molecular formula is C31H23Br. The van der Waals surface area contributed by atoms with E-state index >= 15 is 0 Å². The van der Waals surface area contributed by atoms with Gasteiger partial charge >= 0.3 is 0 Å². The zero-order valence-corrected chi connectivity index (χ0v) is 19.8. The van der Waals surface area contributed by atoms with Crippen LogP contribution in [0.4, 0.5) is 0 Å². The molecule has 0 unspecified atom stereocenters. The first-order valence-electron chi connectivity index (χ1n) is 11.1. The molecule has 1 heteroatoms. The van der Waals surface area contributed by atoms with Gasteiger partial charge in [-0.15, -0.1) is 0 Å². The summed E-state index contributed by atoms with van der Waals surface area (Å²) in [6, 6.07) is 37.6. The number of hydrogen-bond acceptors (Lipinski definition) is 0. The molecule has 1 aliphatic rings. The Balaban J connectivity index is 1.67. The van der Waals surface area contributed by atoms with Gasteiger partial charge in [0, 0.05) is 9.89 Å². The van der Waals surface area contributed by atoms with Crippen LogP contribution < -0.4 is 0 Å². The molecule has 0 N–H and O–H groups in total. The predicted molar refractivity (Wildman–Crippen MR) is 140 cm³/mol. The summed E-state index contributed by atoms with van der Waals surface area (Å²) in [5.41, 5.74) is 10.5. The third kappa shape index (κ3) is 2.88. The molecule has 0 atom stereocenters. The van der Waals surface area contributed by atoms with Gasteiger partial charge in [-0.1, -0.05) is 109 Å². The van der Waals surface area contributed by atoms with E-state index in [2.05, 4.69) is 133 Å². The van der Waals surface area contributed by atoms with Crippen molar-refractivity contribution < 1.29 is 0 Å². The van der Waals surface area contributed by atoms with Crippen molar-refractivity contribution in [2.24, 2.45) is 0 Å². The minimum absolute atomic E-state index is 0.0288. The van der Waals surface area contributed by atoms with E-state index in [1.165, 1.54) is 55.3 Å². The second-order valence-corrected chi connectivity index (χ2v) is 10.1. The molecule has 0 nitrogen and oxygen atoms in total. The third-order valence-corrected chi connectivity index (χ3v) is 7.36. The Labute approximate surface area is 197 Å². The van der Waals surface area contributed by atoms with Crippen molar-refractivity contribution >= 4 is 26.7 Å². The normalized spacial score (nSPS) is 13.7. The Morgan fingerprint density at radius 2 is 1.19 bits per heavy atom. The highest BCUT2D eigenvalue weighted by molar-refractivity contribution is 9.10. The molecular weight excluding hydrogens is 452 g/mol. The van der Waals surface area contributed by atoms with Gasteiger partial charge in [-0.2, -0.15) is 0 Å². The predicted octanol–water partition coefficient (Wildman–Crippen LogP) is 9.24. The van der Waals surface area contributed by atoms with Crippen LogP contribution >= 0.6 is 15.9 Å². The molecule has 0 saturated heterocycles. The first-order valence-corrected chi connectivity index (χ1v) is 11.9. The fraction of sp³-hybridized carbons (Fsp3) is 0.0968. The molecule has 0 radical (unpaired) electrons. The summed E-state index contributed by atoms with van der Waals surface area (Å²) < 4.78 is 1.10. The van der Waals surface area contributed by atoms with Crippen molar-refractivity contribution in [1.82, 2.24) is 0 Å². The zero-order valence-electron chi connectivity index (χ0n) is 18.2. The lowest BCUT2D eigenvalue weighted by Crippen LogP contribution is -2.15. The van der Waals surface area contributed by atoms with E-state index in [0.29, 0.717) is 0 Å². The van der Waals surface area contributed by atoms with Gasteiger partial charge in [-0.05, 0) is 79.5 Å². The van der Waals surface area contributed by atoms with Crippen molar-refractivity contribution in [1.29, 1.82) is 0 Å². The first-order chi connectivity index (χ1) is 15.5. The lowest BCUT2D eigenvalue weighted by Gasteiger charge is -2.23. The number of halogens is 1. The van der Waals surface area contributed by atoms with Gasteiger partial charge in [0.2, 0.25) is 0 Å². The van der Waals surface area contributed by atoms with Crippen molar-refractivity contribution in [3.8, 4) is 33.4 Å². The molecule has 5 aromatic rings. The summed E-state index contributed by atoms with van der Waals surface area (Å²) in [6.07, 6.45) is 0. The van der Waals surface area contributed by atoms with Crippen LogP contribution in [0, 0.1) is 0 Å². The highest BCUT2D eigenvalue weighted by Gasteiger charge is 2.36. The minimum atomic E-state index is -0.0288. The molecule has 6 rings (SSSR count). The third-order valence-electron chi connectivity index (χ3n) is 6.90. The van der Waals surface area contributed by atoms with Gasteiger partial charge in [-0.25, -0.2) is 0 Å². The van der Waals surface area contributed by atoms with Crippen molar-refractivity contribution in [2.45, 2.75) is 19.3 Å². The maximum atomic E-state index is 3.78. The average Bonchev–Trinajstić information content (AvgIpc) is 3.06. The van der Waals surface area contributed by atoms with Gasteiger partial charge < -0.3 is 0 Å². The van der Waals surface area contributed by atoms with E-state index in [4.69, 9.17) is 0 Å². The first kappa shape index (κ1) is 19.5. The van der Waals surface area contributed by atoms with Crippen molar-refractivity contribution in [2.75, 3.05) is 0 Å². The van der Waals surface area contributed by atoms with Crippen LogP contribution in [-0.4, -0.2) is 0 Å². The van der Waals surface area contributed by atoms with Gasteiger partial charge in [0.1, 0.15) is 0 Å². The van der Waals surface area contributed by atoms with E-state index in [9.17, 15) is 0 Å². The monoisotopic (exact) mass is 474 g/mol. The Hall–Kier alpha value is -3.16. The molecule has 0 aliphatic heterocycles. The van der Waals surface area contributed by atoms with Crippen molar-refractivity contribution in [3.05, 3.63) is 119 Å².